The Labute approximate surface area is 98.5 Å². The van der Waals surface area contributed by atoms with E-state index >= 15 is 0 Å². The molecular weight excluding hydrogens is 220 g/mol. The van der Waals surface area contributed by atoms with E-state index in [0.717, 1.165) is 0 Å². The van der Waals surface area contributed by atoms with E-state index < -0.39 is 4.92 Å². The third-order valence-electron chi connectivity index (χ3n) is 2.25. The van der Waals surface area contributed by atoms with Gasteiger partial charge in [0, 0.05) is 6.07 Å². The molecule has 0 aliphatic carbocycles. The number of benzene rings is 1. The molecule has 1 aromatic carbocycles. The number of anilines is 1. The van der Waals surface area contributed by atoms with Crippen molar-refractivity contribution in [2.24, 2.45) is 0 Å². The van der Waals surface area contributed by atoms with Gasteiger partial charge in [-0.05, 0) is 12.5 Å². The van der Waals surface area contributed by atoms with Crippen molar-refractivity contribution < 1.29 is 4.92 Å². The molecule has 17 heavy (non-hydrogen) atoms. The summed E-state index contributed by atoms with van der Waals surface area (Å²) < 4.78 is 0. The summed E-state index contributed by atoms with van der Waals surface area (Å²) in [4.78, 5) is 11.8. The normalized spacial score (nSPS) is 9.12. The number of nitro benzene ring substituents is 1. The lowest BCUT2D eigenvalue weighted by Gasteiger charge is -2.19. The molecule has 0 unspecified atom stereocenters. The van der Waals surface area contributed by atoms with E-state index in [1.54, 1.807) is 19.1 Å². The summed E-state index contributed by atoms with van der Waals surface area (Å²) >= 11 is 0. The van der Waals surface area contributed by atoms with Gasteiger partial charge in [0.05, 0.1) is 17.1 Å². The number of rotatable bonds is 4. The molecule has 0 saturated carbocycles. The van der Waals surface area contributed by atoms with Gasteiger partial charge in [-0.15, -0.1) is 0 Å². The third kappa shape index (κ3) is 2.70. The molecule has 0 fully saturated rings. The van der Waals surface area contributed by atoms with E-state index in [1.807, 2.05) is 12.1 Å². The Bertz CT molecular complexity index is 497. The number of para-hydroxylation sites is 1. The lowest BCUT2D eigenvalue weighted by Crippen LogP contribution is -2.25. The van der Waals surface area contributed by atoms with Crippen LogP contribution in [0.3, 0.4) is 0 Å². The fraction of sp³-hybridized carbons (Fsp3) is 0.273. The van der Waals surface area contributed by atoms with Gasteiger partial charge in [-0.25, -0.2) is 0 Å². The number of nitriles is 2. The van der Waals surface area contributed by atoms with Crippen molar-refractivity contribution in [1.29, 1.82) is 10.5 Å². The van der Waals surface area contributed by atoms with Crippen LogP contribution in [0.4, 0.5) is 11.4 Å². The van der Waals surface area contributed by atoms with Gasteiger partial charge in [0.2, 0.25) is 0 Å². The molecular formula is C11H10N4O2. The Morgan fingerprint density at radius 3 is 2.41 bits per heavy atom. The highest BCUT2D eigenvalue weighted by Crippen LogP contribution is 2.31. The molecule has 6 nitrogen and oxygen atoms in total. The van der Waals surface area contributed by atoms with Crippen LogP contribution < -0.4 is 4.90 Å². The van der Waals surface area contributed by atoms with Crippen LogP contribution in [0.5, 0.6) is 0 Å². The van der Waals surface area contributed by atoms with Crippen molar-refractivity contribution in [3.8, 4) is 12.1 Å². The van der Waals surface area contributed by atoms with E-state index in [-0.39, 0.29) is 18.8 Å². The lowest BCUT2D eigenvalue weighted by molar-refractivity contribution is -0.384. The van der Waals surface area contributed by atoms with Crippen molar-refractivity contribution in [2.75, 3.05) is 18.0 Å². The van der Waals surface area contributed by atoms with Crippen LogP contribution in [0.25, 0.3) is 0 Å². The molecule has 0 radical (unpaired) electrons. The van der Waals surface area contributed by atoms with Crippen LogP contribution >= 0.6 is 0 Å². The highest BCUT2D eigenvalue weighted by molar-refractivity contribution is 5.68. The summed E-state index contributed by atoms with van der Waals surface area (Å²) in [6, 6.07) is 8.45. The van der Waals surface area contributed by atoms with Crippen LogP contribution in [-0.4, -0.2) is 18.0 Å². The maximum absolute atomic E-state index is 10.9. The second-order valence-electron chi connectivity index (χ2n) is 3.37. The van der Waals surface area contributed by atoms with E-state index in [9.17, 15) is 10.1 Å². The fourth-order valence-corrected chi connectivity index (χ4v) is 1.59. The van der Waals surface area contributed by atoms with E-state index in [0.29, 0.717) is 11.3 Å². The molecule has 0 atom stereocenters. The molecule has 0 amide bonds. The third-order valence-corrected chi connectivity index (χ3v) is 2.25. The molecule has 0 heterocycles. The zero-order valence-corrected chi connectivity index (χ0v) is 9.25. The number of nitro groups is 1. The van der Waals surface area contributed by atoms with Gasteiger partial charge in [-0.3, -0.25) is 10.1 Å². The number of nitrogens with zero attached hydrogens (tertiary/aromatic N) is 4. The zero-order valence-electron chi connectivity index (χ0n) is 9.25. The predicted octanol–water partition coefficient (Wildman–Crippen LogP) is 1.76. The summed E-state index contributed by atoms with van der Waals surface area (Å²) in [5.41, 5.74) is 0.917. The van der Waals surface area contributed by atoms with Gasteiger partial charge in [0.1, 0.15) is 18.8 Å². The van der Waals surface area contributed by atoms with Gasteiger partial charge < -0.3 is 4.90 Å². The van der Waals surface area contributed by atoms with Crippen molar-refractivity contribution in [1.82, 2.24) is 0 Å². The van der Waals surface area contributed by atoms with Crippen molar-refractivity contribution in [3.63, 3.8) is 0 Å². The summed E-state index contributed by atoms with van der Waals surface area (Å²) in [6.45, 7) is 1.60. The first kappa shape index (κ1) is 12.5. The molecule has 86 valence electrons. The second-order valence-corrected chi connectivity index (χ2v) is 3.37. The monoisotopic (exact) mass is 230 g/mol. The molecule has 0 N–H and O–H groups in total. The Morgan fingerprint density at radius 2 is 1.94 bits per heavy atom. The van der Waals surface area contributed by atoms with Crippen molar-refractivity contribution >= 4 is 11.4 Å². The minimum atomic E-state index is -0.510. The van der Waals surface area contributed by atoms with Crippen LogP contribution in [0.1, 0.15) is 5.56 Å². The molecule has 0 aliphatic heterocycles. The Balaban J connectivity index is 3.31. The first-order chi connectivity index (χ1) is 8.11. The average Bonchev–Trinajstić information content (AvgIpc) is 2.28. The maximum Gasteiger partial charge on any atom is 0.292 e. The highest BCUT2D eigenvalue weighted by Gasteiger charge is 2.20. The molecule has 0 saturated heterocycles. The Kier molecular flexibility index (Phi) is 4.02. The summed E-state index contributed by atoms with van der Waals surface area (Å²) in [5.74, 6) is 0. The van der Waals surface area contributed by atoms with Crippen LogP contribution in [0.2, 0.25) is 0 Å². The maximum atomic E-state index is 10.9. The van der Waals surface area contributed by atoms with Crippen molar-refractivity contribution in [3.05, 3.63) is 33.9 Å². The number of hydrogen-bond donors (Lipinski definition) is 0. The first-order valence-electron chi connectivity index (χ1n) is 4.84. The van der Waals surface area contributed by atoms with Gasteiger partial charge >= 0.3 is 0 Å². The van der Waals surface area contributed by atoms with Crippen LogP contribution in [-0.2, 0) is 0 Å². The Hall–Kier alpha value is -2.60. The van der Waals surface area contributed by atoms with E-state index in [1.165, 1.54) is 11.0 Å². The summed E-state index contributed by atoms with van der Waals surface area (Å²) in [6.07, 6.45) is 0. The fourth-order valence-electron chi connectivity index (χ4n) is 1.59. The van der Waals surface area contributed by atoms with Gasteiger partial charge in [0.25, 0.3) is 5.69 Å². The van der Waals surface area contributed by atoms with Crippen LogP contribution in [0.15, 0.2) is 18.2 Å². The molecule has 1 aromatic rings. The van der Waals surface area contributed by atoms with E-state index in [4.69, 9.17) is 10.5 Å². The van der Waals surface area contributed by atoms with Gasteiger partial charge in [-0.1, -0.05) is 12.1 Å². The molecule has 0 aliphatic rings. The standard InChI is InChI=1S/C11H10N4O2/c1-9-3-2-4-10(15(16)17)11(9)14(7-5-12)8-6-13/h2-4H,7-8H2,1H3. The smallest absolute Gasteiger partial charge is 0.292 e. The predicted molar refractivity (Wildman–Crippen MR) is 61.3 cm³/mol. The molecule has 0 spiro atoms. The lowest BCUT2D eigenvalue weighted by atomic mass is 10.1. The van der Waals surface area contributed by atoms with Gasteiger partial charge in [-0.2, -0.15) is 10.5 Å². The minimum Gasteiger partial charge on any atom is -0.339 e. The quantitative estimate of drug-likeness (QED) is 0.446. The first-order valence-corrected chi connectivity index (χ1v) is 4.84. The number of hydrogen-bond acceptors (Lipinski definition) is 5. The summed E-state index contributed by atoms with van der Waals surface area (Å²) in [7, 11) is 0. The Morgan fingerprint density at radius 1 is 1.35 bits per heavy atom. The van der Waals surface area contributed by atoms with E-state index in [2.05, 4.69) is 0 Å². The largest absolute Gasteiger partial charge is 0.339 e. The summed E-state index contributed by atoms with van der Waals surface area (Å²) in [5, 5.41) is 28.2. The SMILES string of the molecule is Cc1cccc([N+](=O)[O-])c1N(CC#N)CC#N. The van der Waals surface area contributed by atoms with Gasteiger partial charge in [0.15, 0.2) is 0 Å². The molecule has 6 heteroatoms. The topological polar surface area (TPSA) is 94.0 Å². The molecule has 0 bridgehead atoms. The second kappa shape index (κ2) is 5.47. The molecule has 1 rings (SSSR count). The van der Waals surface area contributed by atoms with Crippen LogP contribution in [0, 0.1) is 39.7 Å². The minimum absolute atomic E-state index is 0.0563. The molecule has 0 aromatic heterocycles. The van der Waals surface area contributed by atoms with Crippen molar-refractivity contribution in [2.45, 2.75) is 6.92 Å². The number of aryl methyl sites for hydroxylation is 1. The average molecular weight is 230 g/mol. The highest BCUT2D eigenvalue weighted by atomic mass is 16.6. The zero-order chi connectivity index (χ0) is 12.8.